The molecule has 2 aromatic heterocycles. The van der Waals surface area contributed by atoms with Gasteiger partial charge in [0.15, 0.2) is 0 Å². The van der Waals surface area contributed by atoms with Crippen molar-refractivity contribution in [3.63, 3.8) is 0 Å². The number of carbonyl (C=O) groups is 1. The Morgan fingerprint density at radius 1 is 1.31 bits per heavy atom. The van der Waals surface area contributed by atoms with Crippen molar-refractivity contribution in [3.8, 4) is 0 Å². The number of amides is 1. The zero-order valence-corrected chi connectivity index (χ0v) is 15.8. The molecule has 4 rings (SSSR count). The molecule has 0 saturated carbocycles. The molecule has 26 heavy (non-hydrogen) atoms. The van der Waals surface area contributed by atoms with Crippen molar-refractivity contribution in [1.29, 1.82) is 0 Å². The van der Waals surface area contributed by atoms with E-state index in [2.05, 4.69) is 9.97 Å². The maximum atomic E-state index is 13.0. The van der Waals surface area contributed by atoms with Gasteiger partial charge in [-0.3, -0.25) is 9.78 Å². The molecule has 1 amide bonds. The van der Waals surface area contributed by atoms with Crippen LogP contribution in [0.1, 0.15) is 40.9 Å². The number of piperidine rings is 1. The summed E-state index contributed by atoms with van der Waals surface area (Å²) in [7, 11) is 3.90. The second-order valence-electron chi connectivity index (χ2n) is 7.40. The van der Waals surface area contributed by atoms with Crippen LogP contribution in [0.5, 0.6) is 0 Å². The summed E-state index contributed by atoms with van der Waals surface area (Å²) in [5, 5.41) is 0.404. The molecule has 1 atom stereocenters. The number of fused-ring (bicyclic) bond motifs is 2. The number of pyridine rings is 1. The van der Waals surface area contributed by atoms with Crippen molar-refractivity contribution >= 4 is 23.5 Å². The Balaban J connectivity index is 1.65. The summed E-state index contributed by atoms with van der Waals surface area (Å²) in [5.74, 6) is 0.706. The number of halogens is 1. The van der Waals surface area contributed by atoms with Crippen molar-refractivity contribution in [2.24, 2.45) is 0 Å². The average molecular weight is 372 g/mol. The molecule has 3 heterocycles. The molecule has 2 aliphatic rings. The van der Waals surface area contributed by atoms with Crippen LogP contribution in [-0.2, 0) is 11.8 Å². The highest BCUT2D eigenvalue weighted by molar-refractivity contribution is 6.33. The summed E-state index contributed by atoms with van der Waals surface area (Å²) < 4.78 is 0. The van der Waals surface area contributed by atoms with Crippen LogP contribution in [0.25, 0.3) is 0 Å². The topological polar surface area (TPSA) is 62.2 Å². The van der Waals surface area contributed by atoms with Gasteiger partial charge in [0.05, 0.1) is 16.3 Å². The smallest absolute Gasteiger partial charge is 0.255 e. The first-order valence-electron chi connectivity index (χ1n) is 8.93. The van der Waals surface area contributed by atoms with Gasteiger partial charge in [-0.1, -0.05) is 11.6 Å². The number of aryl methyl sites for hydroxylation is 1. The lowest BCUT2D eigenvalue weighted by atomic mass is 9.77. The van der Waals surface area contributed by atoms with E-state index in [4.69, 9.17) is 16.6 Å². The van der Waals surface area contributed by atoms with Gasteiger partial charge >= 0.3 is 0 Å². The highest BCUT2D eigenvalue weighted by atomic mass is 35.5. The first-order valence-corrected chi connectivity index (χ1v) is 9.30. The fourth-order valence-corrected chi connectivity index (χ4v) is 4.37. The number of aromatic nitrogens is 3. The quantitative estimate of drug-likeness (QED) is 0.812. The molecule has 1 aliphatic carbocycles. The average Bonchev–Trinajstić information content (AvgIpc) is 2.99. The fourth-order valence-electron chi connectivity index (χ4n) is 4.17. The molecule has 1 spiro atoms. The second kappa shape index (κ2) is 6.50. The van der Waals surface area contributed by atoms with Gasteiger partial charge < -0.3 is 9.80 Å². The van der Waals surface area contributed by atoms with Gasteiger partial charge in [0.1, 0.15) is 0 Å². The van der Waals surface area contributed by atoms with Crippen molar-refractivity contribution in [2.45, 2.75) is 31.1 Å². The van der Waals surface area contributed by atoms with E-state index in [0.717, 1.165) is 43.9 Å². The number of hydrogen-bond donors (Lipinski definition) is 0. The normalized spacial score (nSPS) is 21.7. The van der Waals surface area contributed by atoms with Gasteiger partial charge in [0, 0.05) is 51.2 Å². The Hall–Kier alpha value is -2.21. The van der Waals surface area contributed by atoms with Crippen molar-refractivity contribution in [2.75, 3.05) is 32.1 Å². The predicted octanol–water partition coefficient (Wildman–Crippen LogP) is 2.71. The Labute approximate surface area is 158 Å². The number of rotatable bonds is 2. The molecule has 1 fully saturated rings. The van der Waals surface area contributed by atoms with E-state index >= 15 is 0 Å². The Kier molecular flexibility index (Phi) is 4.31. The Morgan fingerprint density at radius 2 is 2.15 bits per heavy atom. The van der Waals surface area contributed by atoms with E-state index in [1.807, 2.05) is 30.1 Å². The number of anilines is 1. The molecule has 7 heteroatoms. The molecule has 0 radical (unpaired) electrons. The van der Waals surface area contributed by atoms with Crippen LogP contribution in [0.3, 0.4) is 0 Å². The standard InChI is InChI=1S/C19H22ClN5O/c1-24(2)18-22-10-13-4-7-19(16(13)23-18)6-3-9-25(12-19)17(26)14-5-8-21-11-15(14)20/h5,8,10-11H,3-4,6-7,9,12H2,1-2H3. The van der Waals surface area contributed by atoms with Crippen LogP contribution < -0.4 is 4.90 Å². The summed E-state index contributed by atoms with van der Waals surface area (Å²) in [6.45, 7) is 1.43. The lowest BCUT2D eigenvalue weighted by Gasteiger charge is -2.40. The largest absolute Gasteiger partial charge is 0.347 e. The minimum Gasteiger partial charge on any atom is -0.347 e. The molecule has 1 unspecified atom stereocenters. The van der Waals surface area contributed by atoms with E-state index in [9.17, 15) is 4.79 Å². The third-order valence-corrected chi connectivity index (χ3v) is 5.80. The third kappa shape index (κ3) is 2.82. The molecule has 1 aliphatic heterocycles. The van der Waals surface area contributed by atoms with Crippen LogP contribution in [0.4, 0.5) is 5.95 Å². The number of hydrogen-bond acceptors (Lipinski definition) is 5. The predicted molar refractivity (Wildman–Crippen MR) is 101 cm³/mol. The summed E-state index contributed by atoms with van der Waals surface area (Å²) in [5.41, 5.74) is 2.78. The number of nitrogens with zero attached hydrogens (tertiary/aromatic N) is 5. The highest BCUT2D eigenvalue weighted by Gasteiger charge is 2.45. The van der Waals surface area contributed by atoms with Crippen molar-refractivity contribution in [1.82, 2.24) is 19.9 Å². The Bertz CT molecular complexity index is 852. The van der Waals surface area contributed by atoms with E-state index < -0.39 is 0 Å². The van der Waals surface area contributed by atoms with Crippen LogP contribution in [0.15, 0.2) is 24.7 Å². The number of likely N-dealkylation sites (tertiary alicyclic amines) is 1. The zero-order valence-electron chi connectivity index (χ0n) is 15.1. The molecular weight excluding hydrogens is 350 g/mol. The molecule has 0 aromatic carbocycles. The second-order valence-corrected chi connectivity index (χ2v) is 7.81. The molecule has 0 N–H and O–H groups in total. The summed E-state index contributed by atoms with van der Waals surface area (Å²) >= 11 is 6.19. The van der Waals surface area contributed by atoms with Crippen LogP contribution in [0.2, 0.25) is 5.02 Å². The van der Waals surface area contributed by atoms with Gasteiger partial charge in [-0.15, -0.1) is 0 Å². The van der Waals surface area contributed by atoms with E-state index in [1.54, 1.807) is 12.3 Å². The maximum absolute atomic E-state index is 13.0. The van der Waals surface area contributed by atoms with Crippen molar-refractivity contribution < 1.29 is 4.79 Å². The molecule has 1 saturated heterocycles. The van der Waals surface area contributed by atoms with Crippen molar-refractivity contribution in [3.05, 3.63) is 46.5 Å². The molecule has 136 valence electrons. The van der Waals surface area contributed by atoms with E-state index in [0.29, 0.717) is 17.1 Å². The van der Waals surface area contributed by atoms with Crippen LogP contribution >= 0.6 is 11.6 Å². The number of carbonyl (C=O) groups excluding carboxylic acids is 1. The highest BCUT2D eigenvalue weighted by Crippen LogP contribution is 2.44. The molecule has 2 aromatic rings. The third-order valence-electron chi connectivity index (χ3n) is 5.49. The van der Waals surface area contributed by atoms with E-state index in [1.165, 1.54) is 11.8 Å². The Morgan fingerprint density at radius 3 is 2.92 bits per heavy atom. The first kappa shape index (κ1) is 17.2. The van der Waals surface area contributed by atoms with Crippen LogP contribution in [-0.4, -0.2) is 52.9 Å². The minimum atomic E-state index is -0.0730. The first-order chi connectivity index (χ1) is 12.5. The minimum absolute atomic E-state index is 0.0215. The molecule has 0 bridgehead atoms. The van der Waals surface area contributed by atoms with Gasteiger partial charge in [-0.25, -0.2) is 9.97 Å². The molecule has 6 nitrogen and oxygen atoms in total. The molecular formula is C19H22ClN5O. The lowest BCUT2D eigenvalue weighted by molar-refractivity contribution is 0.0633. The summed E-state index contributed by atoms with van der Waals surface area (Å²) in [6, 6.07) is 1.70. The van der Waals surface area contributed by atoms with E-state index in [-0.39, 0.29) is 11.3 Å². The summed E-state index contributed by atoms with van der Waals surface area (Å²) in [4.78, 5) is 30.2. The van der Waals surface area contributed by atoms with Gasteiger partial charge in [-0.05, 0) is 37.3 Å². The maximum Gasteiger partial charge on any atom is 0.255 e. The summed E-state index contributed by atoms with van der Waals surface area (Å²) in [6.07, 6.45) is 9.10. The van der Waals surface area contributed by atoms with Gasteiger partial charge in [0.25, 0.3) is 5.91 Å². The fraction of sp³-hybridized carbons (Fsp3) is 0.474. The monoisotopic (exact) mass is 371 g/mol. The lowest BCUT2D eigenvalue weighted by Crippen LogP contribution is -2.48. The van der Waals surface area contributed by atoms with Gasteiger partial charge in [-0.2, -0.15) is 0 Å². The zero-order chi connectivity index (χ0) is 18.3. The SMILES string of the molecule is CN(C)c1ncc2c(n1)C1(CCCN(C(=O)c3ccncc3Cl)C1)CC2. The van der Waals surface area contributed by atoms with Crippen LogP contribution in [0, 0.1) is 0 Å². The van der Waals surface area contributed by atoms with Gasteiger partial charge in [0.2, 0.25) is 5.95 Å².